The third-order valence-corrected chi connectivity index (χ3v) is 5.30. The number of nitrogens with zero attached hydrogens (tertiary/aromatic N) is 1. The number of anilines is 1. The minimum absolute atomic E-state index is 0.219. The van der Waals surface area contributed by atoms with E-state index in [0.717, 1.165) is 28.1 Å². The van der Waals surface area contributed by atoms with Gasteiger partial charge in [0.25, 0.3) is 11.8 Å². The molecule has 1 N–H and O–H groups in total. The van der Waals surface area contributed by atoms with Crippen molar-refractivity contribution in [2.45, 2.75) is 27.3 Å². The van der Waals surface area contributed by atoms with E-state index < -0.39 is 0 Å². The quantitative estimate of drug-likeness (QED) is 0.535. The van der Waals surface area contributed by atoms with E-state index in [2.05, 4.69) is 11.4 Å². The highest BCUT2D eigenvalue weighted by Crippen LogP contribution is 2.32. The molecule has 0 saturated carbocycles. The molecule has 32 heavy (non-hydrogen) atoms. The average Bonchev–Trinajstić information content (AvgIpc) is 2.99. The van der Waals surface area contributed by atoms with Gasteiger partial charge < -0.3 is 10.1 Å². The van der Waals surface area contributed by atoms with Gasteiger partial charge in [0.2, 0.25) is 0 Å². The van der Waals surface area contributed by atoms with E-state index in [1.807, 2.05) is 87.5 Å². The highest BCUT2D eigenvalue weighted by molar-refractivity contribution is 6.36. The Kier molecular flexibility index (Phi) is 6.08. The molecule has 0 radical (unpaired) electrons. The SMILES string of the molecule is CCOc1ccc(C2=C(Nc3cc(C)cc(C)c3)C(=O)N(Cc3ccccc3)C2=O)cc1. The van der Waals surface area contributed by atoms with E-state index in [-0.39, 0.29) is 18.4 Å². The van der Waals surface area contributed by atoms with Crippen molar-refractivity contribution in [2.75, 3.05) is 11.9 Å². The maximum Gasteiger partial charge on any atom is 0.278 e. The monoisotopic (exact) mass is 426 g/mol. The van der Waals surface area contributed by atoms with Gasteiger partial charge in [-0.15, -0.1) is 0 Å². The fourth-order valence-corrected chi connectivity index (χ4v) is 3.95. The molecule has 5 heteroatoms. The van der Waals surface area contributed by atoms with E-state index in [9.17, 15) is 9.59 Å². The van der Waals surface area contributed by atoms with Gasteiger partial charge in [0.1, 0.15) is 11.4 Å². The molecule has 0 saturated heterocycles. The number of hydrogen-bond acceptors (Lipinski definition) is 4. The number of benzene rings is 3. The van der Waals surface area contributed by atoms with Crippen molar-refractivity contribution in [3.05, 3.63) is 101 Å². The predicted molar refractivity (Wildman–Crippen MR) is 126 cm³/mol. The van der Waals surface area contributed by atoms with Crippen LogP contribution in [0.15, 0.2) is 78.5 Å². The van der Waals surface area contributed by atoms with Crippen LogP contribution in [0, 0.1) is 13.8 Å². The van der Waals surface area contributed by atoms with Gasteiger partial charge in [0, 0.05) is 5.69 Å². The summed E-state index contributed by atoms with van der Waals surface area (Å²) in [6, 6.07) is 22.8. The first kappa shape index (κ1) is 21.4. The Morgan fingerprint density at radius 1 is 0.844 bits per heavy atom. The zero-order chi connectivity index (χ0) is 22.7. The molecule has 0 spiro atoms. The predicted octanol–water partition coefficient (Wildman–Crippen LogP) is 5.09. The molecule has 0 aromatic heterocycles. The summed E-state index contributed by atoms with van der Waals surface area (Å²) in [5, 5.41) is 3.24. The molecule has 1 heterocycles. The standard InChI is InChI=1S/C27H26N2O3/c1-4-32-23-12-10-21(11-13-23)24-25(28-22-15-18(2)14-19(3)16-22)27(31)29(26(24)30)17-20-8-6-5-7-9-20/h5-16,28H,4,17H2,1-3H3. The zero-order valence-electron chi connectivity index (χ0n) is 18.5. The molecule has 3 aromatic rings. The van der Waals surface area contributed by atoms with Crippen molar-refractivity contribution in [3.8, 4) is 5.75 Å². The van der Waals surface area contributed by atoms with Crippen molar-refractivity contribution in [3.63, 3.8) is 0 Å². The second-order valence-corrected chi connectivity index (χ2v) is 7.89. The van der Waals surface area contributed by atoms with Crippen LogP contribution >= 0.6 is 0 Å². The lowest BCUT2D eigenvalue weighted by atomic mass is 10.0. The second-order valence-electron chi connectivity index (χ2n) is 7.89. The van der Waals surface area contributed by atoms with Gasteiger partial charge in [0.15, 0.2) is 0 Å². The second kappa shape index (κ2) is 9.10. The molecule has 5 nitrogen and oxygen atoms in total. The minimum atomic E-state index is -0.332. The van der Waals surface area contributed by atoms with Crippen LogP contribution in [0.2, 0.25) is 0 Å². The highest BCUT2D eigenvalue weighted by Gasteiger charge is 2.39. The fourth-order valence-electron chi connectivity index (χ4n) is 3.95. The van der Waals surface area contributed by atoms with Crippen molar-refractivity contribution in [1.29, 1.82) is 0 Å². The molecule has 1 aliphatic rings. The van der Waals surface area contributed by atoms with E-state index >= 15 is 0 Å². The Morgan fingerprint density at radius 2 is 1.50 bits per heavy atom. The molecule has 4 rings (SSSR count). The third-order valence-electron chi connectivity index (χ3n) is 5.30. The van der Waals surface area contributed by atoms with E-state index in [0.29, 0.717) is 23.4 Å². The Bertz CT molecular complexity index is 1160. The van der Waals surface area contributed by atoms with Crippen LogP contribution < -0.4 is 10.1 Å². The van der Waals surface area contributed by atoms with Gasteiger partial charge in [-0.3, -0.25) is 14.5 Å². The molecule has 0 fully saturated rings. The molecule has 2 amide bonds. The van der Waals surface area contributed by atoms with Crippen LogP contribution in [0.3, 0.4) is 0 Å². The van der Waals surface area contributed by atoms with Crippen LogP contribution in [0.25, 0.3) is 5.57 Å². The summed E-state index contributed by atoms with van der Waals surface area (Å²) in [5.41, 5.74) is 5.17. The lowest BCUT2D eigenvalue weighted by molar-refractivity contribution is -0.137. The lowest BCUT2D eigenvalue weighted by Gasteiger charge is -2.15. The molecular weight excluding hydrogens is 400 g/mol. The molecule has 0 atom stereocenters. The Morgan fingerprint density at radius 3 is 2.12 bits per heavy atom. The molecular formula is C27H26N2O3. The first-order valence-corrected chi connectivity index (χ1v) is 10.7. The number of aryl methyl sites for hydroxylation is 2. The van der Waals surface area contributed by atoms with Crippen LogP contribution in [0.5, 0.6) is 5.75 Å². The Labute approximate surface area is 188 Å². The van der Waals surface area contributed by atoms with E-state index in [1.54, 1.807) is 0 Å². The van der Waals surface area contributed by atoms with E-state index in [4.69, 9.17) is 4.74 Å². The molecule has 1 aliphatic heterocycles. The topological polar surface area (TPSA) is 58.6 Å². The normalized spacial score (nSPS) is 13.7. The number of imide groups is 1. The average molecular weight is 427 g/mol. The maximum absolute atomic E-state index is 13.4. The van der Waals surface area contributed by atoms with Gasteiger partial charge >= 0.3 is 0 Å². The highest BCUT2D eigenvalue weighted by atomic mass is 16.5. The zero-order valence-corrected chi connectivity index (χ0v) is 18.5. The first-order chi connectivity index (χ1) is 15.5. The van der Waals surface area contributed by atoms with Crippen LogP contribution in [0.4, 0.5) is 5.69 Å². The number of rotatable bonds is 7. The summed E-state index contributed by atoms with van der Waals surface area (Å²) in [7, 11) is 0. The van der Waals surface area contributed by atoms with Crippen LogP contribution in [-0.2, 0) is 16.1 Å². The summed E-state index contributed by atoms with van der Waals surface area (Å²) in [6.07, 6.45) is 0. The Balaban J connectivity index is 1.74. The van der Waals surface area contributed by atoms with Gasteiger partial charge in [-0.1, -0.05) is 48.5 Å². The lowest BCUT2D eigenvalue weighted by Crippen LogP contribution is -2.32. The summed E-state index contributed by atoms with van der Waals surface area (Å²) in [6.45, 7) is 6.70. The fraction of sp³-hybridized carbons (Fsp3) is 0.185. The van der Waals surface area contributed by atoms with Crippen molar-refractivity contribution in [1.82, 2.24) is 4.90 Å². The summed E-state index contributed by atoms with van der Waals surface area (Å²) in [4.78, 5) is 28.1. The van der Waals surface area contributed by atoms with Gasteiger partial charge in [-0.25, -0.2) is 0 Å². The number of hydrogen-bond donors (Lipinski definition) is 1. The van der Waals surface area contributed by atoms with Crippen LogP contribution in [-0.4, -0.2) is 23.3 Å². The number of carbonyl (C=O) groups excluding carboxylic acids is 2. The third kappa shape index (κ3) is 4.42. The van der Waals surface area contributed by atoms with Gasteiger partial charge in [0.05, 0.1) is 18.7 Å². The van der Waals surface area contributed by atoms with Crippen molar-refractivity contribution >= 4 is 23.1 Å². The number of carbonyl (C=O) groups is 2. The molecule has 0 aliphatic carbocycles. The van der Waals surface area contributed by atoms with E-state index in [1.165, 1.54) is 4.90 Å². The number of ether oxygens (including phenoxy) is 1. The van der Waals surface area contributed by atoms with Gasteiger partial charge in [-0.05, 0) is 67.3 Å². The van der Waals surface area contributed by atoms with Crippen LogP contribution in [0.1, 0.15) is 29.2 Å². The Hall–Kier alpha value is -3.86. The molecule has 3 aromatic carbocycles. The van der Waals surface area contributed by atoms with Crippen molar-refractivity contribution < 1.29 is 14.3 Å². The summed E-state index contributed by atoms with van der Waals surface area (Å²) >= 11 is 0. The summed E-state index contributed by atoms with van der Waals surface area (Å²) < 4.78 is 5.53. The minimum Gasteiger partial charge on any atom is -0.494 e. The number of nitrogens with one attached hydrogen (secondary N) is 1. The van der Waals surface area contributed by atoms with Crippen molar-refractivity contribution in [2.24, 2.45) is 0 Å². The molecule has 0 unspecified atom stereocenters. The maximum atomic E-state index is 13.4. The largest absolute Gasteiger partial charge is 0.494 e. The van der Waals surface area contributed by atoms with Gasteiger partial charge in [-0.2, -0.15) is 0 Å². The summed E-state index contributed by atoms with van der Waals surface area (Å²) in [5.74, 6) is 0.0790. The molecule has 0 bridgehead atoms. The first-order valence-electron chi connectivity index (χ1n) is 10.7. The molecule has 162 valence electrons. The smallest absolute Gasteiger partial charge is 0.278 e. The number of amides is 2.